The van der Waals surface area contributed by atoms with Gasteiger partial charge in [-0.3, -0.25) is 4.79 Å². The van der Waals surface area contributed by atoms with Gasteiger partial charge in [0.15, 0.2) is 5.78 Å². The first-order valence-electron chi connectivity index (χ1n) is 5.72. The van der Waals surface area contributed by atoms with Crippen molar-refractivity contribution in [2.45, 2.75) is 19.3 Å². The molecule has 0 radical (unpaired) electrons. The zero-order valence-corrected chi connectivity index (χ0v) is 12.6. The second-order valence-corrected chi connectivity index (χ2v) is 6.17. The molecular weight excluding hydrogens is 348 g/mol. The number of carbonyl (C=O) groups is 1. The molecule has 0 saturated carbocycles. The molecule has 1 aromatic carbocycles. The Bertz CT molecular complexity index is 392. The van der Waals surface area contributed by atoms with Gasteiger partial charge in [0.1, 0.15) is 0 Å². The van der Waals surface area contributed by atoms with Crippen molar-refractivity contribution in [1.82, 2.24) is 0 Å². The zero-order valence-electron chi connectivity index (χ0n) is 9.42. The SMILES string of the molecule is O=C(CC1CCOCC1)c1cc(Br)cc(Br)c1. The number of hydrogen-bond donors (Lipinski definition) is 0. The standard InChI is InChI=1S/C13H14Br2O2/c14-11-6-10(7-12(15)8-11)13(16)5-9-1-3-17-4-2-9/h6-9H,1-5H2. The average Bonchev–Trinajstić information content (AvgIpc) is 2.29. The molecule has 0 aromatic heterocycles. The molecule has 1 aliphatic rings. The summed E-state index contributed by atoms with van der Waals surface area (Å²) < 4.78 is 7.16. The average molecular weight is 362 g/mol. The van der Waals surface area contributed by atoms with Crippen LogP contribution in [0.4, 0.5) is 0 Å². The summed E-state index contributed by atoms with van der Waals surface area (Å²) in [4.78, 5) is 12.1. The fraction of sp³-hybridized carbons (Fsp3) is 0.462. The van der Waals surface area contributed by atoms with Gasteiger partial charge in [0.05, 0.1) is 0 Å². The van der Waals surface area contributed by atoms with E-state index >= 15 is 0 Å². The van der Waals surface area contributed by atoms with Crippen LogP contribution in [0.5, 0.6) is 0 Å². The highest BCUT2D eigenvalue weighted by Gasteiger charge is 2.18. The number of carbonyl (C=O) groups excluding carboxylic acids is 1. The van der Waals surface area contributed by atoms with Crippen LogP contribution < -0.4 is 0 Å². The quantitative estimate of drug-likeness (QED) is 0.753. The van der Waals surface area contributed by atoms with Crippen LogP contribution in [0.25, 0.3) is 0 Å². The van der Waals surface area contributed by atoms with Crippen molar-refractivity contribution in [2.75, 3.05) is 13.2 Å². The van der Waals surface area contributed by atoms with Crippen molar-refractivity contribution in [2.24, 2.45) is 5.92 Å². The summed E-state index contributed by atoms with van der Waals surface area (Å²) in [6.07, 6.45) is 2.63. The monoisotopic (exact) mass is 360 g/mol. The maximum Gasteiger partial charge on any atom is 0.163 e. The summed E-state index contributed by atoms with van der Waals surface area (Å²) in [6.45, 7) is 1.58. The van der Waals surface area contributed by atoms with Gasteiger partial charge in [-0.15, -0.1) is 0 Å². The Balaban J connectivity index is 2.03. The van der Waals surface area contributed by atoms with E-state index in [1.165, 1.54) is 0 Å². The van der Waals surface area contributed by atoms with E-state index in [0.29, 0.717) is 12.3 Å². The van der Waals surface area contributed by atoms with Gasteiger partial charge in [-0.2, -0.15) is 0 Å². The molecule has 0 spiro atoms. The Morgan fingerprint density at radius 3 is 2.35 bits per heavy atom. The summed E-state index contributed by atoms with van der Waals surface area (Å²) in [5, 5.41) is 0. The maximum atomic E-state index is 12.1. The van der Waals surface area contributed by atoms with Crippen LogP contribution >= 0.6 is 31.9 Å². The summed E-state index contributed by atoms with van der Waals surface area (Å²) >= 11 is 6.81. The smallest absolute Gasteiger partial charge is 0.163 e. The van der Waals surface area contributed by atoms with Gasteiger partial charge < -0.3 is 4.74 Å². The molecule has 4 heteroatoms. The topological polar surface area (TPSA) is 26.3 Å². The van der Waals surface area contributed by atoms with Crippen molar-refractivity contribution < 1.29 is 9.53 Å². The summed E-state index contributed by atoms with van der Waals surface area (Å²) in [5.41, 5.74) is 0.776. The Kier molecular flexibility index (Phi) is 4.77. The summed E-state index contributed by atoms with van der Waals surface area (Å²) in [7, 11) is 0. The van der Waals surface area contributed by atoms with Crippen molar-refractivity contribution in [3.8, 4) is 0 Å². The van der Waals surface area contributed by atoms with E-state index < -0.39 is 0 Å². The Morgan fingerprint density at radius 2 is 1.76 bits per heavy atom. The molecule has 0 amide bonds. The lowest BCUT2D eigenvalue weighted by molar-refractivity contribution is 0.0601. The molecule has 1 aliphatic heterocycles. The van der Waals surface area contributed by atoms with Crippen LogP contribution in [0, 0.1) is 5.92 Å². The lowest BCUT2D eigenvalue weighted by Crippen LogP contribution is -2.18. The van der Waals surface area contributed by atoms with E-state index in [1.807, 2.05) is 18.2 Å². The van der Waals surface area contributed by atoms with E-state index in [2.05, 4.69) is 31.9 Å². The first-order valence-corrected chi connectivity index (χ1v) is 7.31. The number of benzene rings is 1. The molecule has 2 rings (SSSR count). The minimum atomic E-state index is 0.221. The summed E-state index contributed by atoms with van der Waals surface area (Å²) in [5.74, 6) is 0.702. The van der Waals surface area contributed by atoms with Gasteiger partial charge in [0, 0.05) is 34.1 Å². The number of Topliss-reactive ketones (excluding diaryl/α,β-unsaturated/α-hetero) is 1. The number of hydrogen-bond acceptors (Lipinski definition) is 2. The molecule has 0 aliphatic carbocycles. The van der Waals surface area contributed by atoms with E-state index in [0.717, 1.165) is 40.6 Å². The van der Waals surface area contributed by atoms with Crippen LogP contribution in [0.15, 0.2) is 27.1 Å². The minimum absolute atomic E-state index is 0.221. The fourth-order valence-corrected chi connectivity index (χ4v) is 3.34. The molecule has 0 bridgehead atoms. The molecule has 0 unspecified atom stereocenters. The first-order chi connectivity index (χ1) is 8.15. The summed E-state index contributed by atoms with van der Waals surface area (Å²) in [6, 6.07) is 5.70. The van der Waals surface area contributed by atoms with Crippen molar-refractivity contribution in [3.63, 3.8) is 0 Å². The first kappa shape index (κ1) is 13.2. The highest BCUT2D eigenvalue weighted by Crippen LogP contribution is 2.24. The molecular formula is C13H14Br2O2. The predicted octanol–water partition coefficient (Wildman–Crippen LogP) is 4.21. The number of ketones is 1. The third-order valence-corrected chi connectivity index (χ3v) is 3.92. The van der Waals surface area contributed by atoms with Crippen molar-refractivity contribution in [1.29, 1.82) is 0 Å². The maximum absolute atomic E-state index is 12.1. The molecule has 1 heterocycles. The third-order valence-electron chi connectivity index (χ3n) is 3.00. The van der Waals surface area contributed by atoms with Gasteiger partial charge in [-0.25, -0.2) is 0 Å². The number of rotatable bonds is 3. The molecule has 0 N–H and O–H groups in total. The van der Waals surface area contributed by atoms with E-state index in [9.17, 15) is 4.79 Å². The molecule has 1 saturated heterocycles. The van der Waals surface area contributed by atoms with Crippen LogP contribution in [0.2, 0.25) is 0 Å². The van der Waals surface area contributed by atoms with Crippen LogP contribution in [0.3, 0.4) is 0 Å². The molecule has 92 valence electrons. The van der Waals surface area contributed by atoms with E-state index in [4.69, 9.17) is 4.74 Å². The molecule has 1 fully saturated rings. The minimum Gasteiger partial charge on any atom is -0.381 e. The molecule has 0 atom stereocenters. The largest absolute Gasteiger partial charge is 0.381 e. The van der Waals surface area contributed by atoms with Gasteiger partial charge in [-0.05, 0) is 37.0 Å². The normalized spacial score (nSPS) is 17.1. The molecule has 17 heavy (non-hydrogen) atoms. The van der Waals surface area contributed by atoms with Crippen molar-refractivity contribution >= 4 is 37.6 Å². The number of halogens is 2. The van der Waals surface area contributed by atoms with Crippen molar-refractivity contribution in [3.05, 3.63) is 32.7 Å². The third kappa shape index (κ3) is 3.90. The van der Waals surface area contributed by atoms with E-state index in [1.54, 1.807) is 0 Å². The van der Waals surface area contributed by atoms with Gasteiger partial charge in [-0.1, -0.05) is 31.9 Å². The number of ether oxygens (including phenoxy) is 1. The van der Waals surface area contributed by atoms with E-state index in [-0.39, 0.29) is 5.78 Å². The highest BCUT2D eigenvalue weighted by molar-refractivity contribution is 9.11. The Labute approximate surface area is 118 Å². The Morgan fingerprint density at radius 1 is 1.18 bits per heavy atom. The zero-order chi connectivity index (χ0) is 12.3. The van der Waals surface area contributed by atoms with Crippen LogP contribution in [-0.4, -0.2) is 19.0 Å². The second kappa shape index (κ2) is 6.12. The van der Waals surface area contributed by atoms with Crippen LogP contribution in [0.1, 0.15) is 29.6 Å². The molecule has 1 aromatic rings. The highest BCUT2D eigenvalue weighted by atomic mass is 79.9. The van der Waals surface area contributed by atoms with Gasteiger partial charge in [0.25, 0.3) is 0 Å². The molecule has 2 nitrogen and oxygen atoms in total. The fourth-order valence-electron chi connectivity index (χ4n) is 2.05. The predicted molar refractivity (Wildman–Crippen MR) is 74.3 cm³/mol. The van der Waals surface area contributed by atoms with Gasteiger partial charge >= 0.3 is 0 Å². The van der Waals surface area contributed by atoms with Gasteiger partial charge in [0.2, 0.25) is 0 Å². The lowest BCUT2D eigenvalue weighted by Gasteiger charge is -2.21. The lowest BCUT2D eigenvalue weighted by atomic mass is 9.92. The van der Waals surface area contributed by atoms with Crippen LogP contribution in [-0.2, 0) is 4.74 Å². The second-order valence-electron chi connectivity index (χ2n) is 4.34. The Hall–Kier alpha value is -0.190.